The minimum atomic E-state index is -4.94. The molecule has 0 saturated heterocycles. The lowest BCUT2D eigenvalue weighted by Crippen LogP contribution is -2.30. The summed E-state index contributed by atoms with van der Waals surface area (Å²) in [4.78, 5) is 80.8. The van der Waals surface area contributed by atoms with Crippen LogP contribution in [0.3, 0.4) is 0 Å². The zero-order chi connectivity index (χ0) is 76.8. The Morgan fingerprint density at radius 1 is 0.476 bits per heavy atom. The van der Waals surface area contributed by atoms with Gasteiger partial charge < -0.3 is 28.7 Å². The van der Waals surface area contributed by atoms with E-state index in [1.807, 2.05) is 0 Å². The van der Waals surface area contributed by atoms with E-state index in [2.05, 4.69) is 60.8 Å². The lowest BCUT2D eigenvalue weighted by molar-refractivity contribution is -0.142. The normalized spacial score (nSPS) is 12.0. The van der Waals surface area contributed by atoms with Gasteiger partial charge >= 0.3 is 44.2 Å². The minimum absolute atomic E-state index is 0.0187. The monoisotopic (exact) mass is 1540 g/mol. The molecule has 0 radical (unpaired) electrons. The third kappa shape index (κ3) is 20.4. The molecular weight excluding hydrogens is 1490 g/mol. The molecule has 0 aliphatic rings. The molecule has 42 heteroatoms. The van der Waals surface area contributed by atoms with Gasteiger partial charge in [-0.2, -0.15) is 79.0 Å². The van der Waals surface area contributed by atoms with Crippen molar-refractivity contribution in [3.05, 3.63) is 214 Å². The summed E-state index contributed by atoms with van der Waals surface area (Å²) in [6.07, 6.45) is -13.6. The summed E-state index contributed by atoms with van der Waals surface area (Å²) in [5.74, 6) is 0. The van der Waals surface area contributed by atoms with Crippen molar-refractivity contribution in [2.75, 3.05) is 0 Å². The molecule has 0 spiro atoms. The molecule has 12 rings (SSSR count). The van der Waals surface area contributed by atoms with Crippen LogP contribution in [0.4, 0.5) is 79.0 Å². The topological polar surface area (TPSA) is 260 Å². The van der Waals surface area contributed by atoms with Crippen molar-refractivity contribution < 1.29 is 89.1 Å². The Labute approximate surface area is 574 Å². The largest absolute Gasteiger partial charge is 0.509 e. The van der Waals surface area contributed by atoms with E-state index in [4.69, 9.17) is 10.0 Å². The molecule has 0 saturated carbocycles. The molecule has 0 unspecified atom stereocenters. The van der Waals surface area contributed by atoms with Crippen LogP contribution in [0.2, 0.25) is 0 Å². The second-order valence-corrected chi connectivity index (χ2v) is 23.0. The van der Waals surface area contributed by atoms with Crippen molar-refractivity contribution in [1.82, 2.24) is 76.2 Å². The van der Waals surface area contributed by atoms with Crippen LogP contribution in [-0.2, 0) is 45.3 Å². The van der Waals surface area contributed by atoms with Gasteiger partial charge in [0.2, 0.25) is 0 Å². The number of H-pyrrole nitrogens is 1. The first-order valence-electron chi connectivity index (χ1n) is 29.2. The Morgan fingerprint density at radius 2 is 0.835 bits per heavy atom. The molecule has 103 heavy (non-hydrogen) atoms. The molecule has 0 aliphatic heterocycles. The number of hydrogen-bond acceptors (Lipinski definition) is 14. The maximum atomic E-state index is 13.5. The highest BCUT2D eigenvalue weighted by atomic mass is 79.9. The molecule has 12 aromatic heterocycles. The number of nitrogens with zero attached hydrogens (tertiary/aromatic N) is 15. The van der Waals surface area contributed by atoms with Gasteiger partial charge in [0, 0.05) is 70.4 Å². The van der Waals surface area contributed by atoms with Gasteiger partial charge in [0.15, 0.2) is 22.8 Å². The molecule has 0 bridgehead atoms. The fraction of sp³-hybridized carbons (Fsp3) is 0.279. The van der Waals surface area contributed by atoms with Gasteiger partial charge in [-0.1, -0.05) is 6.92 Å². The number of hydrogen-bond donors (Lipinski definition) is 3. The molecule has 22 nitrogen and oxygen atoms in total. The Kier molecular flexibility index (Phi) is 24.3. The molecule has 0 amide bonds. The van der Waals surface area contributed by atoms with Crippen LogP contribution >= 0.6 is 15.9 Å². The molecule has 548 valence electrons. The fourth-order valence-electron chi connectivity index (χ4n) is 9.10. The number of aromatic nitrogens is 16. The predicted molar refractivity (Wildman–Crippen MR) is 338 cm³/mol. The Balaban J connectivity index is 0.000000181. The number of aromatic amines is 1. The summed E-state index contributed by atoms with van der Waals surface area (Å²) in [5, 5.41) is 17.0. The number of fused-ring (bicyclic) bond motifs is 4. The maximum Gasteiger partial charge on any atom is 0.509 e. The summed E-state index contributed by atoms with van der Waals surface area (Å²) < 4.78 is 236. The summed E-state index contributed by atoms with van der Waals surface area (Å²) >= 11 is 2.64. The van der Waals surface area contributed by atoms with Crippen molar-refractivity contribution in [3.8, 4) is 33.8 Å². The average molecular weight is 1540 g/mol. The van der Waals surface area contributed by atoms with E-state index in [0.717, 1.165) is 46.5 Å². The summed E-state index contributed by atoms with van der Waals surface area (Å²) in [6, 6.07) is 12.0. The van der Waals surface area contributed by atoms with Gasteiger partial charge in [-0.15, -0.1) is 0 Å². The number of halogens is 19. The third-order valence-corrected chi connectivity index (χ3v) is 14.5. The number of nitrogens with one attached hydrogen (secondary N) is 1. The minimum Gasteiger partial charge on any atom is -0.422 e. The molecule has 3 N–H and O–H groups in total. The van der Waals surface area contributed by atoms with Crippen molar-refractivity contribution in [2.45, 2.75) is 97.5 Å². The predicted octanol–water partition coefficient (Wildman–Crippen LogP) is 11.9. The zero-order valence-electron chi connectivity index (χ0n) is 53.9. The van der Waals surface area contributed by atoms with E-state index >= 15 is 0 Å². The SMILES string of the molecule is CCCC(F)(F)F.Cc1ccn2c(=O)c(-c3cn(C)cn3)c(C(F)(F)F)nc2c1.Cc1ccn2c(=O)c(-c3cn(CCC(F)(F)F)cn3)c(C(F)(F)F)nc2c1.Cc1ccn2c(=O)c(-c3cnc[nH]3)c(C(F)(F)F)nc2c1.Cc1ccn2c(=O)c(Br)c(C(F)(F)F)nc2c1.Cn1cnc(B(O)O)c1. The van der Waals surface area contributed by atoms with E-state index in [9.17, 15) is 98.2 Å². The summed E-state index contributed by atoms with van der Waals surface area (Å²) in [5.41, 5.74) is -8.07. The van der Waals surface area contributed by atoms with Gasteiger partial charge in [0.05, 0.1) is 77.3 Å². The van der Waals surface area contributed by atoms with E-state index in [1.54, 1.807) is 70.8 Å². The molecular formula is C61H52BBrF18N16O6. The quantitative estimate of drug-likeness (QED) is 0.0990. The average Bonchev–Trinajstić information content (AvgIpc) is 1.72. The second-order valence-electron chi connectivity index (χ2n) is 22.2. The van der Waals surface area contributed by atoms with Gasteiger partial charge in [0.25, 0.3) is 22.2 Å². The molecule has 0 aromatic carbocycles. The van der Waals surface area contributed by atoms with E-state index in [1.165, 1.54) is 91.8 Å². The summed E-state index contributed by atoms with van der Waals surface area (Å²) in [7, 11) is 1.92. The lowest BCUT2D eigenvalue weighted by atomic mass is 9.87. The van der Waals surface area contributed by atoms with Crippen molar-refractivity contribution in [2.24, 2.45) is 14.1 Å². The van der Waals surface area contributed by atoms with Gasteiger partial charge in [-0.25, -0.2) is 39.9 Å². The van der Waals surface area contributed by atoms with Crippen LogP contribution in [0.15, 0.2) is 147 Å². The first kappa shape index (κ1) is 79.8. The fourth-order valence-corrected chi connectivity index (χ4v) is 9.60. The standard InChI is InChI=1S/C16H12F6N4O.C14H11F3N4O.C13H9F3N4O.C10H6BrF3N2O.C4H7BN2O2.C4H7F3/c1-9-2-4-26-11(6-9)24-13(16(20,21)22)12(14(26)27)10-7-25(8-23-10)5-3-15(17,18)19;1-8-3-4-21-10(5-8)19-12(14(15,16)17)11(13(21)22)9-6-20(2)7-18-9;1-7-2-3-20-9(4-7)19-11(13(14,15)16)10(12(20)21)8-5-17-6-18-8;1-5-2-3-16-6(4-5)15-8(10(12,13)14)7(11)9(16)17;1-7-2-4(5(8)9)6-3-7;1-2-3-4(5,6)7/h2,4,6-8H,3,5H2,1H3;3-7H,1-2H3;2-6H,1H3,(H,17,18);2-4H,1H3;2-3,8-9H,1H3;2-3H2,1H3. The van der Waals surface area contributed by atoms with Gasteiger partial charge in [0.1, 0.15) is 27.1 Å². The molecule has 12 heterocycles. The van der Waals surface area contributed by atoms with Crippen LogP contribution in [0, 0.1) is 27.7 Å². The first-order valence-corrected chi connectivity index (χ1v) is 30.0. The van der Waals surface area contributed by atoms with Crippen LogP contribution in [-0.4, -0.2) is 106 Å². The van der Waals surface area contributed by atoms with E-state index in [-0.39, 0.29) is 46.0 Å². The number of aryl methyl sites for hydroxylation is 7. The van der Waals surface area contributed by atoms with Crippen molar-refractivity contribution in [1.29, 1.82) is 0 Å². The van der Waals surface area contributed by atoms with Crippen molar-refractivity contribution in [3.63, 3.8) is 0 Å². The molecule has 0 fully saturated rings. The number of alkyl halides is 18. The Bertz CT molecular complexity index is 5250. The first-order chi connectivity index (χ1) is 47.7. The van der Waals surface area contributed by atoms with Crippen molar-refractivity contribution >= 4 is 51.2 Å². The smallest absolute Gasteiger partial charge is 0.422 e. The molecule has 0 atom stereocenters. The van der Waals surface area contributed by atoms with Gasteiger partial charge in [-0.3, -0.25) is 36.8 Å². The highest BCUT2D eigenvalue weighted by molar-refractivity contribution is 9.10. The highest BCUT2D eigenvalue weighted by Gasteiger charge is 2.42. The lowest BCUT2D eigenvalue weighted by Gasteiger charge is -2.12. The Morgan fingerprint density at radius 3 is 1.16 bits per heavy atom. The number of pyridine rings is 4. The van der Waals surface area contributed by atoms with E-state index in [0.29, 0.717) is 16.7 Å². The summed E-state index contributed by atoms with van der Waals surface area (Å²) in [6.45, 7) is 7.75. The third-order valence-electron chi connectivity index (χ3n) is 13.8. The Hall–Kier alpha value is -10.5. The molecule has 0 aliphatic carbocycles. The number of rotatable bonds is 7. The zero-order valence-corrected chi connectivity index (χ0v) is 55.5. The highest BCUT2D eigenvalue weighted by Crippen LogP contribution is 2.37. The van der Waals surface area contributed by atoms with Crippen LogP contribution in [0.25, 0.3) is 56.4 Å². The van der Waals surface area contributed by atoms with E-state index < -0.39 is 135 Å². The maximum absolute atomic E-state index is 13.5. The number of imidazole rings is 4. The second kappa shape index (κ2) is 31.4. The molecule has 12 aromatic rings. The van der Waals surface area contributed by atoms with Gasteiger partial charge in [-0.05, 0) is 121 Å². The van der Waals surface area contributed by atoms with Crippen LogP contribution in [0.5, 0.6) is 0 Å². The van der Waals surface area contributed by atoms with Crippen LogP contribution in [0.1, 0.15) is 71.2 Å². The van der Waals surface area contributed by atoms with Crippen LogP contribution < -0.4 is 27.8 Å².